The first-order valence-electron chi connectivity index (χ1n) is 6.69. The zero-order valence-corrected chi connectivity index (χ0v) is 13.4. The van der Waals surface area contributed by atoms with Crippen LogP contribution in [-0.2, 0) is 0 Å². The summed E-state index contributed by atoms with van der Waals surface area (Å²) in [6.07, 6.45) is 0. The molecule has 1 aromatic rings. The molecule has 0 aliphatic carbocycles. The molecule has 0 aliphatic rings. The van der Waals surface area contributed by atoms with Gasteiger partial charge < -0.3 is 14.7 Å². The van der Waals surface area contributed by atoms with Gasteiger partial charge in [0.25, 0.3) is 0 Å². The molecule has 0 aromatic heterocycles. The third-order valence-electron chi connectivity index (χ3n) is 3.32. The van der Waals surface area contributed by atoms with E-state index in [1.807, 2.05) is 0 Å². The number of benzene rings is 1. The lowest BCUT2D eigenvalue weighted by Gasteiger charge is -2.19. The van der Waals surface area contributed by atoms with Crippen molar-refractivity contribution in [2.45, 2.75) is 27.7 Å². The third kappa shape index (κ3) is 4.69. The molecule has 0 aliphatic heterocycles. The Labute approximate surface area is 127 Å². The van der Waals surface area contributed by atoms with Gasteiger partial charge in [0.05, 0.1) is 5.56 Å². The molecule has 0 atom stereocenters. The van der Waals surface area contributed by atoms with Crippen LogP contribution in [-0.4, -0.2) is 42.0 Å². The number of ether oxygens (including phenoxy) is 1. The number of Topliss-reactive ketones (excluding diaryl/α,β-unsaturated/α-hetero) is 1. The van der Waals surface area contributed by atoms with Gasteiger partial charge in [0.1, 0.15) is 18.1 Å². The number of carbonyl (C=O) groups excluding carboxylic acids is 1. The van der Waals surface area contributed by atoms with Crippen LogP contribution in [0.25, 0.3) is 0 Å². The van der Waals surface area contributed by atoms with Gasteiger partial charge >= 0.3 is 0 Å². The van der Waals surface area contributed by atoms with Gasteiger partial charge in [-0.15, -0.1) is 12.4 Å². The topological polar surface area (TPSA) is 49.8 Å². The number of hydrogen-bond donors (Lipinski definition) is 1. The van der Waals surface area contributed by atoms with Gasteiger partial charge in [-0.25, -0.2) is 0 Å². The van der Waals surface area contributed by atoms with E-state index in [1.54, 1.807) is 19.1 Å². The van der Waals surface area contributed by atoms with Gasteiger partial charge in [-0.3, -0.25) is 4.79 Å². The van der Waals surface area contributed by atoms with E-state index in [0.29, 0.717) is 23.5 Å². The molecule has 0 spiro atoms. The number of rotatable bonds is 7. The second kappa shape index (κ2) is 8.82. The fraction of sp³-hybridized carbons (Fsp3) is 0.533. The molecule has 1 rings (SSSR count). The van der Waals surface area contributed by atoms with Crippen LogP contribution in [0.1, 0.15) is 36.7 Å². The summed E-state index contributed by atoms with van der Waals surface area (Å²) >= 11 is 0. The maximum atomic E-state index is 11.3. The third-order valence-corrected chi connectivity index (χ3v) is 3.32. The SMILES string of the molecule is CCN(CC)CCOc1ccc(C(C)=O)c(O)c1C.Cl. The number of ketones is 1. The normalized spacial score (nSPS) is 10.2. The molecule has 0 bridgehead atoms. The van der Waals surface area contributed by atoms with E-state index in [0.717, 1.165) is 19.6 Å². The summed E-state index contributed by atoms with van der Waals surface area (Å²) in [7, 11) is 0. The minimum Gasteiger partial charge on any atom is -0.507 e. The van der Waals surface area contributed by atoms with Gasteiger partial charge in [0.2, 0.25) is 0 Å². The van der Waals surface area contributed by atoms with Gasteiger partial charge in [0.15, 0.2) is 5.78 Å². The summed E-state index contributed by atoms with van der Waals surface area (Å²) in [6, 6.07) is 3.35. The minimum atomic E-state index is -0.143. The summed E-state index contributed by atoms with van der Waals surface area (Å²) < 4.78 is 5.67. The van der Waals surface area contributed by atoms with Gasteiger partial charge in [-0.2, -0.15) is 0 Å². The van der Waals surface area contributed by atoms with Crippen LogP contribution in [0.2, 0.25) is 0 Å². The number of nitrogens with zero attached hydrogens (tertiary/aromatic N) is 1. The molecule has 0 radical (unpaired) electrons. The first-order chi connectivity index (χ1) is 9.01. The van der Waals surface area contributed by atoms with Crippen molar-refractivity contribution in [2.24, 2.45) is 0 Å². The largest absolute Gasteiger partial charge is 0.507 e. The molecular formula is C15H24ClNO3. The fourth-order valence-corrected chi connectivity index (χ4v) is 1.95. The molecule has 1 N–H and O–H groups in total. The molecule has 4 nitrogen and oxygen atoms in total. The molecule has 0 fully saturated rings. The number of halogens is 1. The van der Waals surface area contributed by atoms with Crippen LogP contribution < -0.4 is 4.74 Å². The van der Waals surface area contributed by atoms with E-state index < -0.39 is 0 Å². The highest BCUT2D eigenvalue weighted by Crippen LogP contribution is 2.30. The molecule has 0 heterocycles. The molecule has 5 heteroatoms. The van der Waals surface area contributed by atoms with Gasteiger partial charge in [-0.1, -0.05) is 13.8 Å². The molecule has 114 valence electrons. The van der Waals surface area contributed by atoms with E-state index in [9.17, 15) is 9.90 Å². The van der Waals surface area contributed by atoms with Crippen molar-refractivity contribution in [3.05, 3.63) is 23.3 Å². The Morgan fingerprint density at radius 1 is 1.30 bits per heavy atom. The molecule has 0 saturated carbocycles. The van der Waals surface area contributed by atoms with Crippen LogP contribution in [0.3, 0.4) is 0 Å². The van der Waals surface area contributed by atoms with E-state index in [1.165, 1.54) is 6.92 Å². The summed E-state index contributed by atoms with van der Waals surface area (Å²) in [5.41, 5.74) is 0.959. The smallest absolute Gasteiger partial charge is 0.163 e. The van der Waals surface area contributed by atoms with Crippen molar-refractivity contribution in [2.75, 3.05) is 26.2 Å². The van der Waals surface area contributed by atoms with E-state index in [2.05, 4.69) is 18.7 Å². The van der Waals surface area contributed by atoms with Crippen LogP contribution in [0, 0.1) is 6.92 Å². The average Bonchev–Trinajstić information content (AvgIpc) is 2.39. The Hall–Kier alpha value is -1.26. The molecule has 0 saturated heterocycles. The standard InChI is InChI=1S/C15H23NO3.ClH/c1-5-16(6-2)9-10-19-14-8-7-13(12(4)17)15(18)11(14)3;/h7-8,18H,5-6,9-10H2,1-4H3;1H. The predicted octanol–water partition coefficient (Wildman–Crippen LogP) is 3.05. The molecular weight excluding hydrogens is 278 g/mol. The van der Waals surface area contributed by atoms with Crippen molar-refractivity contribution >= 4 is 18.2 Å². The zero-order valence-electron chi connectivity index (χ0n) is 12.6. The summed E-state index contributed by atoms with van der Waals surface area (Å²) in [5.74, 6) is 0.512. The minimum absolute atomic E-state index is 0. The Bertz CT molecular complexity index is 445. The number of phenolic OH excluding ortho intramolecular Hbond substituents is 1. The Morgan fingerprint density at radius 2 is 1.90 bits per heavy atom. The molecule has 20 heavy (non-hydrogen) atoms. The lowest BCUT2D eigenvalue weighted by Crippen LogP contribution is -2.28. The fourth-order valence-electron chi connectivity index (χ4n) is 1.95. The van der Waals surface area contributed by atoms with Crippen LogP contribution in [0.15, 0.2) is 12.1 Å². The van der Waals surface area contributed by atoms with Gasteiger partial charge in [-0.05, 0) is 39.1 Å². The second-order valence-electron chi connectivity index (χ2n) is 4.52. The van der Waals surface area contributed by atoms with Crippen LogP contribution in [0.5, 0.6) is 11.5 Å². The monoisotopic (exact) mass is 301 g/mol. The number of likely N-dealkylation sites (N-methyl/N-ethyl adjacent to an activating group) is 1. The number of phenols is 1. The van der Waals surface area contributed by atoms with Crippen molar-refractivity contribution < 1.29 is 14.6 Å². The van der Waals surface area contributed by atoms with E-state index in [4.69, 9.17) is 4.74 Å². The van der Waals surface area contributed by atoms with Crippen molar-refractivity contribution in [3.63, 3.8) is 0 Å². The highest BCUT2D eigenvalue weighted by Gasteiger charge is 2.13. The summed E-state index contributed by atoms with van der Waals surface area (Å²) in [5, 5.41) is 9.94. The molecule has 0 amide bonds. The maximum Gasteiger partial charge on any atom is 0.163 e. The van der Waals surface area contributed by atoms with Crippen LogP contribution in [0.4, 0.5) is 0 Å². The van der Waals surface area contributed by atoms with Crippen LogP contribution >= 0.6 is 12.4 Å². The molecule has 1 aromatic carbocycles. The van der Waals surface area contributed by atoms with Gasteiger partial charge in [0, 0.05) is 12.1 Å². The summed E-state index contributed by atoms with van der Waals surface area (Å²) in [4.78, 5) is 13.6. The maximum absolute atomic E-state index is 11.3. The first-order valence-corrected chi connectivity index (χ1v) is 6.69. The lowest BCUT2D eigenvalue weighted by molar-refractivity contribution is 0.101. The second-order valence-corrected chi connectivity index (χ2v) is 4.52. The number of aromatic hydroxyl groups is 1. The van der Waals surface area contributed by atoms with Crippen molar-refractivity contribution in [3.8, 4) is 11.5 Å². The predicted molar refractivity (Wildman–Crippen MR) is 83.4 cm³/mol. The number of hydrogen-bond acceptors (Lipinski definition) is 4. The van der Waals surface area contributed by atoms with Crippen molar-refractivity contribution in [1.29, 1.82) is 0 Å². The first kappa shape index (κ1) is 18.7. The summed E-state index contributed by atoms with van der Waals surface area (Å²) in [6.45, 7) is 10.8. The Kier molecular flexibility index (Phi) is 8.26. The zero-order chi connectivity index (χ0) is 14.4. The number of carbonyl (C=O) groups is 1. The van der Waals surface area contributed by atoms with E-state index in [-0.39, 0.29) is 23.9 Å². The van der Waals surface area contributed by atoms with Crippen molar-refractivity contribution in [1.82, 2.24) is 4.90 Å². The highest BCUT2D eigenvalue weighted by atomic mass is 35.5. The lowest BCUT2D eigenvalue weighted by atomic mass is 10.1. The Morgan fingerprint density at radius 3 is 2.40 bits per heavy atom. The van der Waals surface area contributed by atoms with E-state index >= 15 is 0 Å². The molecule has 0 unspecified atom stereocenters. The highest BCUT2D eigenvalue weighted by molar-refractivity contribution is 5.97. The average molecular weight is 302 g/mol. The quantitative estimate of drug-likeness (QED) is 0.787. The Balaban J connectivity index is 0.00000361.